The van der Waals surface area contributed by atoms with Gasteiger partial charge in [0.1, 0.15) is 11.5 Å². The molecule has 0 unspecified atom stereocenters. The molecule has 0 atom stereocenters. The van der Waals surface area contributed by atoms with Crippen molar-refractivity contribution >= 4 is 23.2 Å². The Morgan fingerprint density at radius 3 is 2.55 bits per heavy atom. The normalized spacial score (nSPS) is 13.7. The summed E-state index contributed by atoms with van der Waals surface area (Å²) in [6.45, 7) is 6.39. The van der Waals surface area contributed by atoms with Gasteiger partial charge >= 0.3 is 12.1 Å². The van der Waals surface area contributed by atoms with Gasteiger partial charge < -0.3 is 19.6 Å². The second-order valence-corrected chi connectivity index (χ2v) is 8.93. The number of rotatable bonds is 5. The third-order valence-electron chi connectivity index (χ3n) is 4.96. The highest BCUT2D eigenvalue weighted by molar-refractivity contribution is 7.11. The molecule has 0 aliphatic carbocycles. The minimum atomic E-state index is -5.08. The Labute approximate surface area is 192 Å². The maximum absolute atomic E-state index is 12.2. The van der Waals surface area contributed by atoms with Crippen LogP contribution in [0.5, 0.6) is 0 Å². The second-order valence-electron chi connectivity index (χ2n) is 7.55. The van der Waals surface area contributed by atoms with Gasteiger partial charge in [0.05, 0.1) is 18.8 Å². The molecular weight excluding hydrogens is 459 g/mol. The van der Waals surface area contributed by atoms with Gasteiger partial charge in [-0.3, -0.25) is 9.69 Å². The Bertz CT molecular complexity index is 1120. The molecule has 33 heavy (non-hydrogen) atoms. The number of carbonyl (C=O) groups is 2. The van der Waals surface area contributed by atoms with Crippen molar-refractivity contribution in [3.05, 3.63) is 63.6 Å². The molecule has 1 aliphatic rings. The van der Waals surface area contributed by atoms with Gasteiger partial charge in [0.2, 0.25) is 0 Å². The monoisotopic (exact) mass is 483 g/mol. The molecule has 0 fully saturated rings. The van der Waals surface area contributed by atoms with Crippen molar-refractivity contribution in [2.45, 2.75) is 39.3 Å². The molecule has 3 aromatic heterocycles. The zero-order valence-corrected chi connectivity index (χ0v) is 18.9. The molecule has 3 aromatic rings. The Balaban J connectivity index is 0.000000383. The average molecular weight is 484 g/mol. The van der Waals surface area contributed by atoms with Crippen LogP contribution in [0.15, 0.2) is 36.7 Å². The molecule has 0 bridgehead atoms. The number of alkyl halides is 3. The molecule has 2 N–H and O–H groups in total. The van der Waals surface area contributed by atoms with Crippen LogP contribution < -0.4 is 5.32 Å². The lowest BCUT2D eigenvalue weighted by molar-refractivity contribution is -0.192. The summed E-state index contributed by atoms with van der Waals surface area (Å²) in [7, 11) is 1.87. The number of carbonyl (C=O) groups excluding carboxylic acids is 1. The Kier molecular flexibility index (Phi) is 7.59. The standard InChI is InChI=1S/C19H23N5OS.C2HF3O2/c1-14-5-6-16(26-14)12-23-8-9-24-11-15(21-18(24)13-23)10-20-19(25)17-4-3-7-22(17)2;3-2(4,5)1(6)7/h3-7,11H,8-10,12-13H2,1-2H3,(H,20,25);(H,6,7). The fourth-order valence-electron chi connectivity index (χ4n) is 3.33. The van der Waals surface area contributed by atoms with Gasteiger partial charge in [0, 0.05) is 48.8 Å². The van der Waals surface area contributed by atoms with E-state index in [0.29, 0.717) is 12.2 Å². The van der Waals surface area contributed by atoms with Crippen molar-refractivity contribution in [2.24, 2.45) is 7.05 Å². The average Bonchev–Trinajstić information content (AvgIpc) is 3.45. The third-order valence-corrected chi connectivity index (χ3v) is 5.94. The quantitative estimate of drug-likeness (QED) is 0.582. The lowest BCUT2D eigenvalue weighted by Crippen LogP contribution is -2.32. The van der Waals surface area contributed by atoms with Gasteiger partial charge in [-0.2, -0.15) is 13.2 Å². The molecule has 178 valence electrons. The Morgan fingerprint density at radius 2 is 1.97 bits per heavy atom. The number of nitrogens with zero attached hydrogens (tertiary/aromatic N) is 4. The van der Waals surface area contributed by atoms with Crippen molar-refractivity contribution < 1.29 is 27.9 Å². The van der Waals surface area contributed by atoms with E-state index < -0.39 is 12.1 Å². The van der Waals surface area contributed by atoms with Crippen molar-refractivity contribution in [2.75, 3.05) is 6.54 Å². The number of nitrogens with one attached hydrogen (secondary N) is 1. The predicted octanol–water partition coefficient (Wildman–Crippen LogP) is 3.17. The molecule has 4 rings (SSSR count). The molecule has 0 saturated heterocycles. The van der Waals surface area contributed by atoms with Gasteiger partial charge in [-0.1, -0.05) is 0 Å². The Hall–Kier alpha value is -3.12. The van der Waals surface area contributed by atoms with Crippen molar-refractivity contribution in [3.8, 4) is 0 Å². The van der Waals surface area contributed by atoms with Gasteiger partial charge in [-0.15, -0.1) is 11.3 Å². The van der Waals surface area contributed by atoms with E-state index in [-0.39, 0.29) is 5.91 Å². The second kappa shape index (κ2) is 10.2. The smallest absolute Gasteiger partial charge is 0.475 e. The number of hydrogen-bond acceptors (Lipinski definition) is 5. The molecule has 0 saturated carbocycles. The van der Waals surface area contributed by atoms with Crippen LogP contribution >= 0.6 is 11.3 Å². The van der Waals surface area contributed by atoms with Crippen LogP contribution in [0, 0.1) is 6.92 Å². The minimum Gasteiger partial charge on any atom is -0.475 e. The van der Waals surface area contributed by atoms with Crippen LogP contribution in [0.25, 0.3) is 0 Å². The summed E-state index contributed by atoms with van der Waals surface area (Å²) in [4.78, 5) is 31.0. The summed E-state index contributed by atoms with van der Waals surface area (Å²) in [5, 5.41) is 10.1. The summed E-state index contributed by atoms with van der Waals surface area (Å²) in [6.07, 6.45) is -1.15. The molecule has 1 amide bonds. The summed E-state index contributed by atoms with van der Waals surface area (Å²) in [6, 6.07) is 8.08. The van der Waals surface area contributed by atoms with Crippen LogP contribution in [0.4, 0.5) is 13.2 Å². The largest absolute Gasteiger partial charge is 0.490 e. The first-order valence-electron chi connectivity index (χ1n) is 10.0. The van der Waals surface area contributed by atoms with Gasteiger partial charge in [-0.25, -0.2) is 9.78 Å². The molecule has 0 aromatic carbocycles. The minimum absolute atomic E-state index is 0.0711. The van der Waals surface area contributed by atoms with Crippen molar-refractivity contribution in [3.63, 3.8) is 0 Å². The summed E-state index contributed by atoms with van der Waals surface area (Å²) in [5.74, 6) is -1.75. The number of carboxylic acids is 1. The predicted molar refractivity (Wildman–Crippen MR) is 116 cm³/mol. The number of amides is 1. The maximum Gasteiger partial charge on any atom is 0.490 e. The fourth-order valence-corrected chi connectivity index (χ4v) is 4.26. The molecule has 0 radical (unpaired) electrons. The van der Waals surface area contributed by atoms with Crippen molar-refractivity contribution in [1.82, 2.24) is 24.3 Å². The van der Waals surface area contributed by atoms with Gasteiger partial charge in [0.15, 0.2) is 0 Å². The number of carboxylic acid groups (broad SMARTS) is 1. The third kappa shape index (κ3) is 6.68. The van der Waals surface area contributed by atoms with E-state index >= 15 is 0 Å². The number of thiophene rings is 1. The Morgan fingerprint density at radius 1 is 1.24 bits per heavy atom. The molecule has 1 aliphatic heterocycles. The lowest BCUT2D eigenvalue weighted by Gasteiger charge is -2.26. The number of imidazole rings is 1. The lowest BCUT2D eigenvalue weighted by atomic mass is 10.3. The highest BCUT2D eigenvalue weighted by Crippen LogP contribution is 2.20. The van der Waals surface area contributed by atoms with E-state index in [1.807, 2.05) is 41.3 Å². The number of aliphatic carboxylic acids is 1. The SMILES string of the molecule is Cc1ccc(CN2CCn3cc(CNC(=O)c4cccn4C)nc3C2)s1.O=C(O)C(F)(F)F. The number of hydrogen-bond donors (Lipinski definition) is 2. The number of aryl methyl sites for hydroxylation is 2. The van der Waals surface area contributed by atoms with E-state index in [1.54, 1.807) is 0 Å². The van der Waals surface area contributed by atoms with Crippen LogP contribution in [0.3, 0.4) is 0 Å². The summed E-state index contributed by atoms with van der Waals surface area (Å²) < 4.78 is 35.8. The molecule has 12 heteroatoms. The van der Waals surface area contributed by atoms with E-state index in [0.717, 1.165) is 37.7 Å². The van der Waals surface area contributed by atoms with Crippen LogP contribution in [0.1, 0.15) is 31.8 Å². The summed E-state index contributed by atoms with van der Waals surface area (Å²) >= 11 is 1.86. The number of halogens is 3. The molecule has 4 heterocycles. The van der Waals surface area contributed by atoms with E-state index in [2.05, 4.69) is 40.0 Å². The van der Waals surface area contributed by atoms with Crippen LogP contribution in [-0.2, 0) is 38.0 Å². The zero-order chi connectivity index (χ0) is 24.2. The first kappa shape index (κ1) is 24.5. The first-order valence-corrected chi connectivity index (χ1v) is 10.9. The van der Waals surface area contributed by atoms with Gasteiger partial charge in [-0.05, 0) is 31.2 Å². The fraction of sp³-hybridized carbons (Fsp3) is 0.381. The first-order chi connectivity index (χ1) is 15.5. The topological polar surface area (TPSA) is 92.4 Å². The number of fused-ring (bicyclic) bond motifs is 1. The highest BCUT2D eigenvalue weighted by atomic mass is 32.1. The van der Waals surface area contributed by atoms with E-state index in [1.165, 1.54) is 9.75 Å². The highest BCUT2D eigenvalue weighted by Gasteiger charge is 2.38. The van der Waals surface area contributed by atoms with Crippen LogP contribution in [-0.4, -0.2) is 48.7 Å². The van der Waals surface area contributed by atoms with Gasteiger partial charge in [0.25, 0.3) is 5.91 Å². The summed E-state index contributed by atoms with van der Waals surface area (Å²) in [5.41, 5.74) is 1.57. The zero-order valence-electron chi connectivity index (χ0n) is 18.1. The number of aromatic nitrogens is 3. The molecular formula is C21H24F3N5O3S. The van der Waals surface area contributed by atoms with E-state index in [9.17, 15) is 18.0 Å². The van der Waals surface area contributed by atoms with Crippen molar-refractivity contribution in [1.29, 1.82) is 0 Å². The molecule has 0 spiro atoms. The molecule has 8 nitrogen and oxygen atoms in total. The maximum atomic E-state index is 12.2. The van der Waals surface area contributed by atoms with Crippen LogP contribution in [0.2, 0.25) is 0 Å². The van der Waals surface area contributed by atoms with E-state index in [4.69, 9.17) is 14.9 Å².